The smallest absolute Gasteiger partial charge is 0.215 e. The van der Waals surface area contributed by atoms with Crippen molar-refractivity contribution in [1.82, 2.24) is 20.3 Å². The Bertz CT molecular complexity index is 513. The Kier molecular flexibility index (Phi) is 3.02. The highest BCUT2D eigenvalue weighted by Gasteiger charge is 2.11. The van der Waals surface area contributed by atoms with Crippen LogP contribution in [-0.4, -0.2) is 27.6 Å². The van der Waals surface area contributed by atoms with Crippen LogP contribution in [0.5, 0.6) is 5.88 Å². The van der Waals surface area contributed by atoms with Crippen LogP contribution >= 0.6 is 0 Å². The fourth-order valence-electron chi connectivity index (χ4n) is 1.47. The minimum atomic E-state index is 0.0735. The summed E-state index contributed by atoms with van der Waals surface area (Å²) >= 11 is 0. The van der Waals surface area contributed by atoms with Crippen LogP contribution in [0.4, 0.5) is 0 Å². The molecule has 0 unspecified atom stereocenters. The van der Waals surface area contributed by atoms with Crippen molar-refractivity contribution in [2.24, 2.45) is 0 Å². The van der Waals surface area contributed by atoms with Gasteiger partial charge in [-0.15, -0.1) is 0 Å². The topological polar surface area (TPSA) is 62.8 Å². The van der Waals surface area contributed by atoms with Gasteiger partial charge in [0.2, 0.25) is 5.88 Å². The zero-order valence-electron chi connectivity index (χ0n) is 10.7. The molecule has 2 heterocycles. The van der Waals surface area contributed by atoms with E-state index in [9.17, 15) is 0 Å². The summed E-state index contributed by atoms with van der Waals surface area (Å²) in [6, 6.07) is 3.75. The van der Waals surface area contributed by atoms with E-state index in [1.54, 1.807) is 7.11 Å². The molecule has 0 radical (unpaired) electrons. The first kappa shape index (κ1) is 11.9. The molecule has 2 aromatic heterocycles. The van der Waals surface area contributed by atoms with E-state index >= 15 is 0 Å². The van der Waals surface area contributed by atoms with Crippen molar-refractivity contribution in [3.8, 4) is 5.88 Å². The zero-order chi connectivity index (χ0) is 12.5. The van der Waals surface area contributed by atoms with E-state index in [2.05, 4.69) is 41.0 Å². The minimum Gasteiger partial charge on any atom is -0.481 e. The minimum absolute atomic E-state index is 0.0735. The lowest BCUT2D eigenvalue weighted by Crippen LogP contribution is -2.35. The molecule has 2 N–H and O–H groups in total. The second-order valence-corrected chi connectivity index (χ2v) is 5.01. The summed E-state index contributed by atoms with van der Waals surface area (Å²) in [6.45, 7) is 7.06. The first-order chi connectivity index (χ1) is 7.98. The van der Waals surface area contributed by atoms with E-state index in [0.717, 1.165) is 11.3 Å². The molecule has 17 heavy (non-hydrogen) atoms. The summed E-state index contributed by atoms with van der Waals surface area (Å²) in [5, 5.41) is 3.37. The van der Waals surface area contributed by atoms with Crippen LogP contribution in [0.15, 0.2) is 12.1 Å². The van der Waals surface area contributed by atoms with Crippen molar-refractivity contribution in [2.45, 2.75) is 32.9 Å². The van der Waals surface area contributed by atoms with Crippen LogP contribution < -0.4 is 10.1 Å². The van der Waals surface area contributed by atoms with Gasteiger partial charge in [0, 0.05) is 11.6 Å². The SMILES string of the molecule is COc1ccc2[nH]c(CNC(C)(C)C)nc2n1. The van der Waals surface area contributed by atoms with Crippen LogP contribution in [0.1, 0.15) is 26.6 Å². The number of imidazole rings is 1. The average Bonchev–Trinajstić information content (AvgIpc) is 2.66. The number of ether oxygens (including phenoxy) is 1. The molecule has 92 valence electrons. The molecule has 0 spiro atoms. The number of methoxy groups -OCH3 is 1. The van der Waals surface area contributed by atoms with Gasteiger partial charge < -0.3 is 15.0 Å². The van der Waals surface area contributed by atoms with Gasteiger partial charge in [-0.25, -0.2) is 4.98 Å². The number of hydrogen-bond donors (Lipinski definition) is 2. The van der Waals surface area contributed by atoms with Gasteiger partial charge in [0.15, 0.2) is 5.65 Å². The van der Waals surface area contributed by atoms with Gasteiger partial charge in [0.25, 0.3) is 0 Å². The van der Waals surface area contributed by atoms with Crippen LogP contribution in [0.2, 0.25) is 0 Å². The van der Waals surface area contributed by atoms with Gasteiger partial charge in [0.05, 0.1) is 19.2 Å². The molecule has 0 atom stereocenters. The van der Waals surface area contributed by atoms with Crippen molar-refractivity contribution in [2.75, 3.05) is 7.11 Å². The fraction of sp³-hybridized carbons (Fsp3) is 0.500. The molecule has 0 aliphatic carbocycles. The fourth-order valence-corrected chi connectivity index (χ4v) is 1.47. The molecule has 0 saturated carbocycles. The predicted octanol–water partition coefficient (Wildman–Crippen LogP) is 1.85. The molecule has 2 aromatic rings. The van der Waals surface area contributed by atoms with Crippen molar-refractivity contribution in [3.05, 3.63) is 18.0 Å². The normalized spacial score (nSPS) is 12.0. The molecule has 0 amide bonds. The maximum absolute atomic E-state index is 5.07. The van der Waals surface area contributed by atoms with Gasteiger partial charge in [-0.05, 0) is 26.8 Å². The monoisotopic (exact) mass is 234 g/mol. The number of hydrogen-bond acceptors (Lipinski definition) is 4. The second-order valence-electron chi connectivity index (χ2n) is 5.01. The van der Waals surface area contributed by atoms with Crippen LogP contribution in [-0.2, 0) is 6.54 Å². The number of nitrogens with zero attached hydrogens (tertiary/aromatic N) is 2. The molecule has 0 aliphatic rings. The van der Waals surface area contributed by atoms with Gasteiger partial charge >= 0.3 is 0 Å². The maximum atomic E-state index is 5.07. The lowest BCUT2D eigenvalue weighted by Gasteiger charge is -2.19. The highest BCUT2D eigenvalue weighted by molar-refractivity contribution is 5.71. The quantitative estimate of drug-likeness (QED) is 0.850. The van der Waals surface area contributed by atoms with Crippen molar-refractivity contribution < 1.29 is 4.74 Å². The van der Waals surface area contributed by atoms with Gasteiger partial charge in [0.1, 0.15) is 5.82 Å². The van der Waals surface area contributed by atoms with E-state index in [-0.39, 0.29) is 5.54 Å². The largest absolute Gasteiger partial charge is 0.481 e. The van der Waals surface area contributed by atoms with Crippen molar-refractivity contribution in [1.29, 1.82) is 0 Å². The van der Waals surface area contributed by atoms with Gasteiger partial charge in [-0.2, -0.15) is 4.98 Å². The van der Waals surface area contributed by atoms with Crippen LogP contribution in [0.3, 0.4) is 0 Å². The molecule has 5 nitrogen and oxygen atoms in total. The zero-order valence-corrected chi connectivity index (χ0v) is 10.7. The van der Waals surface area contributed by atoms with Gasteiger partial charge in [-0.1, -0.05) is 0 Å². The number of aromatic amines is 1. The van der Waals surface area contributed by atoms with E-state index in [0.29, 0.717) is 18.1 Å². The first-order valence-corrected chi connectivity index (χ1v) is 5.62. The summed E-state index contributed by atoms with van der Waals surface area (Å²) in [5.74, 6) is 1.47. The van der Waals surface area contributed by atoms with Crippen molar-refractivity contribution >= 4 is 11.2 Å². The number of H-pyrrole nitrogens is 1. The Morgan fingerprint density at radius 3 is 2.71 bits per heavy atom. The molecule has 0 fully saturated rings. The van der Waals surface area contributed by atoms with Gasteiger partial charge in [-0.3, -0.25) is 0 Å². The number of rotatable bonds is 3. The highest BCUT2D eigenvalue weighted by atomic mass is 16.5. The molecule has 0 aliphatic heterocycles. The van der Waals surface area contributed by atoms with E-state index in [4.69, 9.17) is 4.74 Å². The molecule has 0 aromatic carbocycles. The Balaban J connectivity index is 2.20. The maximum Gasteiger partial charge on any atom is 0.215 e. The van der Waals surface area contributed by atoms with Crippen molar-refractivity contribution in [3.63, 3.8) is 0 Å². The Labute approximate surface area is 101 Å². The summed E-state index contributed by atoms with van der Waals surface area (Å²) in [7, 11) is 1.60. The molecule has 0 saturated heterocycles. The predicted molar refractivity (Wildman–Crippen MR) is 67.0 cm³/mol. The summed E-state index contributed by atoms with van der Waals surface area (Å²) in [4.78, 5) is 11.9. The summed E-state index contributed by atoms with van der Waals surface area (Å²) in [6.07, 6.45) is 0. The summed E-state index contributed by atoms with van der Waals surface area (Å²) < 4.78 is 5.07. The molecule has 5 heteroatoms. The van der Waals surface area contributed by atoms with E-state index in [1.807, 2.05) is 12.1 Å². The third kappa shape index (κ3) is 2.94. The number of fused-ring (bicyclic) bond motifs is 1. The molecular weight excluding hydrogens is 216 g/mol. The Morgan fingerprint density at radius 1 is 1.29 bits per heavy atom. The molecular formula is C12H18N4O. The molecule has 0 bridgehead atoms. The molecule has 2 rings (SSSR count). The third-order valence-electron chi connectivity index (χ3n) is 2.36. The lowest BCUT2D eigenvalue weighted by atomic mass is 10.1. The second kappa shape index (κ2) is 4.33. The summed E-state index contributed by atoms with van der Waals surface area (Å²) in [5.41, 5.74) is 1.69. The van der Waals surface area contributed by atoms with Crippen LogP contribution in [0.25, 0.3) is 11.2 Å². The number of nitrogens with one attached hydrogen (secondary N) is 2. The lowest BCUT2D eigenvalue weighted by molar-refractivity contribution is 0.399. The highest BCUT2D eigenvalue weighted by Crippen LogP contribution is 2.14. The standard InChI is InChI=1S/C12H18N4O/c1-12(2,3)13-7-9-14-8-5-6-10(17-4)16-11(8)15-9/h5-6,13H,7H2,1-4H3,(H,14,15,16). The average molecular weight is 234 g/mol. The number of aromatic nitrogens is 3. The van der Waals surface area contributed by atoms with E-state index < -0.39 is 0 Å². The van der Waals surface area contributed by atoms with Crippen LogP contribution in [0, 0.1) is 0 Å². The van der Waals surface area contributed by atoms with E-state index in [1.165, 1.54) is 0 Å². The third-order valence-corrected chi connectivity index (χ3v) is 2.36. The number of pyridine rings is 1. The Hall–Kier alpha value is -1.62. The Morgan fingerprint density at radius 2 is 2.06 bits per heavy atom. The first-order valence-electron chi connectivity index (χ1n) is 5.62.